The van der Waals surface area contributed by atoms with Gasteiger partial charge in [0.05, 0.1) is 6.54 Å². The van der Waals surface area contributed by atoms with E-state index < -0.39 is 0 Å². The summed E-state index contributed by atoms with van der Waals surface area (Å²) in [6.45, 7) is 5.27. The van der Waals surface area contributed by atoms with Crippen molar-refractivity contribution in [2.45, 2.75) is 26.3 Å². The van der Waals surface area contributed by atoms with Crippen molar-refractivity contribution in [2.24, 2.45) is 0 Å². The van der Waals surface area contributed by atoms with Crippen molar-refractivity contribution >= 4 is 17.6 Å². The maximum atomic E-state index is 11.9. The number of nitrogens with one attached hydrogen (secondary N) is 2. The number of piperazine rings is 1. The number of carbonyl (C=O) groups excluding carboxylic acids is 2. The van der Waals surface area contributed by atoms with Crippen molar-refractivity contribution in [3.63, 3.8) is 0 Å². The third-order valence-electron chi connectivity index (χ3n) is 3.51. The maximum Gasteiger partial charge on any atom is 0.270 e. The van der Waals surface area contributed by atoms with E-state index in [2.05, 4.69) is 20.6 Å². The van der Waals surface area contributed by atoms with E-state index in [0.717, 1.165) is 11.4 Å². The maximum absolute atomic E-state index is 11.9. The van der Waals surface area contributed by atoms with E-state index in [0.29, 0.717) is 31.0 Å². The van der Waals surface area contributed by atoms with Gasteiger partial charge < -0.3 is 15.5 Å². The molecule has 1 aromatic rings. The lowest BCUT2D eigenvalue weighted by Crippen LogP contribution is -2.53. The summed E-state index contributed by atoms with van der Waals surface area (Å²) in [6.07, 6.45) is 0.698. The van der Waals surface area contributed by atoms with Crippen molar-refractivity contribution in [1.29, 1.82) is 0 Å². The standard InChI is InChI=1S/C13H17N5O2/c1-7-5-18(6-10(19)15-7)12-9-3-4-14-13(20)11(9)16-8(2)17-12/h7H,3-6H2,1-2H3,(H,14,20)(H,15,19)/t7-/m1/s1. The van der Waals surface area contributed by atoms with Gasteiger partial charge in [-0.15, -0.1) is 0 Å². The van der Waals surface area contributed by atoms with Crippen LogP contribution in [0.4, 0.5) is 5.82 Å². The lowest BCUT2D eigenvalue weighted by Gasteiger charge is -2.34. The van der Waals surface area contributed by atoms with Gasteiger partial charge in [0.15, 0.2) is 0 Å². The minimum atomic E-state index is -0.160. The van der Waals surface area contributed by atoms with Gasteiger partial charge in [-0.25, -0.2) is 9.97 Å². The molecule has 0 spiro atoms. The lowest BCUT2D eigenvalue weighted by molar-refractivity contribution is -0.121. The quantitative estimate of drug-likeness (QED) is 0.714. The fraction of sp³-hybridized carbons (Fsp3) is 0.538. The molecule has 0 unspecified atom stereocenters. The highest BCUT2D eigenvalue weighted by Crippen LogP contribution is 2.24. The molecule has 0 saturated carbocycles. The zero-order valence-electron chi connectivity index (χ0n) is 11.6. The van der Waals surface area contributed by atoms with Crippen LogP contribution in [0.1, 0.15) is 28.8 Å². The SMILES string of the molecule is Cc1nc2c(c(N3CC(=O)N[C@H](C)C3)n1)CCNC2=O. The Morgan fingerprint density at radius 3 is 2.85 bits per heavy atom. The fourth-order valence-corrected chi connectivity index (χ4v) is 2.74. The monoisotopic (exact) mass is 275 g/mol. The molecule has 0 aromatic carbocycles. The highest BCUT2D eigenvalue weighted by Gasteiger charge is 2.29. The third-order valence-corrected chi connectivity index (χ3v) is 3.51. The molecule has 2 amide bonds. The van der Waals surface area contributed by atoms with Gasteiger partial charge in [-0.1, -0.05) is 0 Å². The van der Waals surface area contributed by atoms with E-state index in [1.807, 2.05) is 11.8 Å². The van der Waals surface area contributed by atoms with Crippen LogP contribution in [0.5, 0.6) is 0 Å². The van der Waals surface area contributed by atoms with Gasteiger partial charge in [0.2, 0.25) is 5.91 Å². The molecule has 2 aliphatic rings. The summed E-state index contributed by atoms with van der Waals surface area (Å²) in [5.41, 5.74) is 1.29. The van der Waals surface area contributed by atoms with Crippen molar-refractivity contribution in [2.75, 3.05) is 24.5 Å². The molecule has 1 aromatic heterocycles. The summed E-state index contributed by atoms with van der Waals surface area (Å²) in [6, 6.07) is 0.0691. The molecule has 3 heterocycles. The Bertz CT molecular complexity index is 586. The van der Waals surface area contributed by atoms with Crippen molar-refractivity contribution in [1.82, 2.24) is 20.6 Å². The van der Waals surface area contributed by atoms with Crippen LogP contribution in [-0.4, -0.2) is 47.5 Å². The van der Waals surface area contributed by atoms with E-state index in [1.165, 1.54) is 0 Å². The molecule has 20 heavy (non-hydrogen) atoms. The van der Waals surface area contributed by atoms with Crippen LogP contribution in [0.3, 0.4) is 0 Å². The van der Waals surface area contributed by atoms with Crippen LogP contribution in [0, 0.1) is 6.92 Å². The highest BCUT2D eigenvalue weighted by molar-refractivity contribution is 5.96. The average molecular weight is 275 g/mol. The van der Waals surface area contributed by atoms with E-state index in [9.17, 15) is 9.59 Å². The van der Waals surface area contributed by atoms with Crippen molar-refractivity contribution in [3.05, 3.63) is 17.1 Å². The number of hydrogen-bond donors (Lipinski definition) is 2. The molecule has 1 fully saturated rings. The van der Waals surface area contributed by atoms with Crippen LogP contribution < -0.4 is 15.5 Å². The zero-order valence-corrected chi connectivity index (χ0v) is 11.6. The van der Waals surface area contributed by atoms with Gasteiger partial charge in [-0.05, 0) is 20.3 Å². The predicted molar refractivity (Wildman–Crippen MR) is 72.6 cm³/mol. The Hall–Kier alpha value is -2.18. The van der Waals surface area contributed by atoms with E-state index in [4.69, 9.17) is 0 Å². The Labute approximate surface area is 116 Å². The number of nitrogens with zero attached hydrogens (tertiary/aromatic N) is 3. The van der Waals surface area contributed by atoms with E-state index >= 15 is 0 Å². The van der Waals surface area contributed by atoms with Crippen LogP contribution >= 0.6 is 0 Å². The first-order valence-electron chi connectivity index (χ1n) is 6.74. The minimum absolute atomic E-state index is 0.0194. The number of rotatable bonds is 1. The van der Waals surface area contributed by atoms with Crippen LogP contribution in [0.2, 0.25) is 0 Å². The number of aromatic nitrogens is 2. The normalized spacial score (nSPS) is 22.1. The average Bonchev–Trinajstić information content (AvgIpc) is 2.38. The highest BCUT2D eigenvalue weighted by atomic mass is 16.2. The molecule has 3 rings (SSSR count). The molecule has 7 heteroatoms. The second-order valence-corrected chi connectivity index (χ2v) is 5.28. The first-order chi connectivity index (χ1) is 9.54. The number of carbonyl (C=O) groups is 2. The van der Waals surface area contributed by atoms with Crippen LogP contribution in [-0.2, 0) is 11.2 Å². The molecule has 0 bridgehead atoms. The van der Waals surface area contributed by atoms with Gasteiger partial charge in [0.25, 0.3) is 5.91 Å². The van der Waals surface area contributed by atoms with E-state index in [1.54, 1.807) is 6.92 Å². The molecule has 1 atom stereocenters. The van der Waals surface area contributed by atoms with Gasteiger partial charge in [-0.2, -0.15) is 0 Å². The largest absolute Gasteiger partial charge is 0.350 e. The smallest absolute Gasteiger partial charge is 0.270 e. The lowest BCUT2D eigenvalue weighted by atomic mass is 10.0. The second-order valence-electron chi connectivity index (χ2n) is 5.28. The number of amides is 2. The summed E-state index contributed by atoms with van der Waals surface area (Å²) in [4.78, 5) is 34.2. The third kappa shape index (κ3) is 2.19. The Balaban J connectivity index is 2.04. The molecule has 0 radical (unpaired) electrons. The molecule has 106 valence electrons. The topological polar surface area (TPSA) is 87.2 Å². The fourth-order valence-electron chi connectivity index (χ4n) is 2.74. The molecular formula is C13H17N5O2. The predicted octanol–water partition coefficient (Wildman–Crippen LogP) is -0.604. The second kappa shape index (κ2) is 4.73. The molecule has 2 aliphatic heterocycles. The van der Waals surface area contributed by atoms with E-state index in [-0.39, 0.29) is 24.4 Å². The summed E-state index contributed by atoms with van der Waals surface area (Å²) in [7, 11) is 0. The van der Waals surface area contributed by atoms with Gasteiger partial charge in [0, 0.05) is 24.7 Å². The Morgan fingerprint density at radius 1 is 1.30 bits per heavy atom. The van der Waals surface area contributed by atoms with Gasteiger partial charge >= 0.3 is 0 Å². The first-order valence-corrected chi connectivity index (χ1v) is 6.74. The Morgan fingerprint density at radius 2 is 2.10 bits per heavy atom. The van der Waals surface area contributed by atoms with Crippen molar-refractivity contribution < 1.29 is 9.59 Å². The Kier molecular flexibility index (Phi) is 3.04. The molecule has 7 nitrogen and oxygen atoms in total. The summed E-state index contributed by atoms with van der Waals surface area (Å²) >= 11 is 0. The van der Waals surface area contributed by atoms with Gasteiger partial charge in [-0.3, -0.25) is 9.59 Å². The molecule has 0 aliphatic carbocycles. The number of aryl methyl sites for hydroxylation is 1. The first kappa shape index (κ1) is 12.8. The van der Waals surface area contributed by atoms with Gasteiger partial charge in [0.1, 0.15) is 17.3 Å². The number of anilines is 1. The number of hydrogen-bond acceptors (Lipinski definition) is 5. The van der Waals surface area contributed by atoms with Crippen LogP contribution in [0.25, 0.3) is 0 Å². The molecular weight excluding hydrogens is 258 g/mol. The van der Waals surface area contributed by atoms with Crippen molar-refractivity contribution in [3.8, 4) is 0 Å². The summed E-state index contributed by atoms with van der Waals surface area (Å²) in [5, 5.41) is 5.67. The molecule has 2 N–H and O–H groups in total. The molecule has 1 saturated heterocycles. The van der Waals surface area contributed by atoms with Crippen LogP contribution in [0.15, 0.2) is 0 Å². The number of fused-ring (bicyclic) bond motifs is 1. The summed E-state index contributed by atoms with van der Waals surface area (Å²) in [5.74, 6) is 1.10. The minimum Gasteiger partial charge on any atom is -0.350 e. The summed E-state index contributed by atoms with van der Waals surface area (Å²) < 4.78 is 0. The zero-order chi connectivity index (χ0) is 14.3.